The fraction of sp³-hybridized carbons (Fsp3) is 0.389. The van der Waals surface area contributed by atoms with Crippen molar-refractivity contribution in [3.05, 3.63) is 40.5 Å². The van der Waals surface area contributed by atoms with Gasteiger partial charge in [-0.25, -0.2) is 0 Å². The minimum absolute atomic E-state index is 0.239. The van der Waals surface area contributed by atoms with E-state index in [9.17, 15) is 10.1 Å². The Morgan fingerprint density at radius 3 is 2.84 bits per heavy atom. The molecule has 0 atom stereocenters. The maximum Gasteiger partial charge on any atom is 0.223 e. The number of pyridine rings is 1. The Hall–Kier alpha value is -2.43. The normalized spacial score (nSPS) is 14.8. The molecule has 1 aliphatic heterocycles. The molecule has 0 aliphatic carbocycles. The van der Waals surface area contributed by atoms with Crippen LogP contribution in [0, 0.1) is 11.3 Å². The van der Waals surface area contributed by atoms with Crippen molar-refractivity contribution in [3.8, 4) is 6.07 Å². The highest BCUT2D eigenvalue weighted by Crippen LogP contribution is 2.36. The number of ketones is 1. The molecule has 1 saturated heterocycles. The van der Waals surface area contributed by atoms with Crippen LogP contribution in [0.1, 0.15) is 40.2 Å². The molecule has 2 aromatic heterocycles. The third-order valence-corrected chi connectivity index (χ3v) is 5.49. The molecule has 25 heavy (non-hydrogen) atoms. The second-order valence-electron chi connectivity index (χ2n) is 6.03. The molecule has 6 nitrogen and oxygen atoms in total. The first-order valence-corrected chi connectivity index (χ1v) is 9.26. The number of hydrogen-bond donors (Lipinski definition) is 2. The maximum absolute atomic E-state index is 12.6. The number of carbonyl (C=O) groups is 1. The van der Waals surface area contributed by atoms with Gasteiger partial charge in [0.15, 0.2) is 0 Å². The van der Waals surface area contributed by atoms with Crippen LogP contribution in [0.3, 0.4) is 0 Å². The number of likely N-dealkylation sites (tertiary alicyclic amines) is 1. The second-order valence-corrected chi connectivity index (χ2v) is 7.05. The standard InChI is InChI=1S/C18H21N5OS/c19-12-13-15(20)17(16(24)14-6-2-3-7-21-14)25-18(13)22-8-11-23-9-4-1-5-10-23/h2-3,6-7,22H,1,4-5,8-11,20H2. The number of aromatic nitrogens is 1. The van der Waals surface area contributed by atoms with E-state index in [-0.39, 0.29) is 11.5 Å². The molecule has 2 aromatic rings. The molecule has 0 radical (unpaired) electrons. The number of nitriles is 1. The van der Waals surface area contributed by atoms with Gasteiger partial charge in [-0.1, -0.05) is 12.5 Å². The van der Waals surface area contributed by atoms with Gasteiger partial charge >= 0.3 is 0 Å². The highest BCUT2D eigenvalue weighted by molar-refractivity contribution is 7.19. The molecule has 3 rings (SSSR count). The molecule has 130 valence electrons. The zero-order valence-corrected chi connectivity index (χ0v) is 14.8. The highest BCUT2D eigenvalue weighted by atomic mass is 32.1. The summed E-state index contributed by atoms with van der Waals surface area (Å²) in [6, 6.07) is 7.28. The summed E-state index contributed by atoms with van der Waals surface area (Å²) in [7, 11) is 0. The van der Waals surface area contributed by atoms with Gasteiger partial charge in [0.05, 0.1) is 5.69 Å². The summed E-state index contributed by atoms with van der Waals surface area (Å²) in [5.41, 5.74) is 6.98. The van der Waals surface area contributed by atoms with Crippen LogP contribution in [0.5, 0.6) is 0 Å². The van der Waals surface area contributed by atoms with Gasteiger partial charge in [0.1, 0.15) is 27.2 Å². The summed E-state index contributed by atoms with van der Waals surface area (Å²) in [4.78, 5) is 19.5. The summed E-state index contributed by atoms with van der Waals surface area (Å²) in [6.07, 6.45) is 5.37. The number of thiophene rings is 1. The summed E-state index contributed by atoms with van der Waals surface area (Å²) in [6.45, 7) is 3.91. The van der Waals surface area contributed by atoms with Crippen LogP contribution in [0.4, 0.5) is 10.7 Å². The fourth-order valence-electron chi connectivity index (χ4n) is 2.97. The SMILES string of the molecule is N#Cc1c(NCCN2CCCCC2)sc(C(=O)c2ccccn2)c1N. The van der Waals surface area contributed by atoms with Crippen molar-refractivity contribution in [1.82, 2.24) is 9.88 Å². The Balaban J connectivity index is 1.72. The van der Waals surface area contributed by atoms with E-state index >= 15 is 0 Å². The fourth-order valence-corrected chi connectivity index (χ4v) is 4.02. The van der Waals surface area contributed by atoms with Crippen LogP contribution in [0.2, 0.25) is 0 Å². The molecule has 0 saturated carbocycles. The lowest BCUT2D eigenvalue weighted by molar-refractivity contribution is 0.103. The number of rotatable bonds is 6. The number of hydrogen-bond acceptors (Lipinski definition) is 7. The van der Waals surface area contributed by atoms with Gasteiger partial charge in [0, 0.05) is 19.3 Å². The molecule has 1 aliphatic rings. The van der Waals surface area contributed by atoms with Crippen LogP contribution in [0.25, 0.3) is 0 Å². The minimum atomic E-state index is -0.247. The first kappa shape index (κ1) is 17.4. The third kappa shape index (κ3) is 3.98. The van der Waals surface area contributed by atoms with E-state index in [4.69, 9.17) is 5.73 Å². The van der Waals surface area contributed by atoms with Crippen molar-refractivity contribution in [1.29, 1.82) is 5.26 Å². The summed E-state index contributed by atoms with van der Waals surface area (Å²) >= 11 is 1.23. The van der Waals surface area contributed by atoms with Crippen LogP contribution in [0.15, 0.2) is 24.4 Å². The van der Waals surface area contributed by atoms with Gasteiger partial charge in [-0.05, 0) is 38.1 Å². The third-order valence-electron chi connectivity index (χ3n) is 4.32. The van der Waals surface area contributed by atoms with E-state index in [1.54, 1.807) is 24.4 Å². The average Bonchev–Trinajstić information content (AvgIpc) is 2.98. The van der Waals surface area contributed by atoms with Crippen molar-refractivity contribution < 1.29 is 4.79 Å². The van der Waals surface area contributed by atoms with Crippen LogP contribution in [-0.4, -0.2) is 41.8 Å². The van der Waals surface area contributed by atoms with Crippen molar-refractivity contribution >= 4 is 27.8 Å². The Kier molecular flexibility index (Phi) is 5.64. The van der Waals surface area contributed by atoms with Gasteiger partial charge in [-0.15, -0.1) is 11.3 Å². The summed E-state index contributed by atoms with van der Waals surface area (Å²) < 4.78 is 0. The molecular weight excluding hydrogens is 334 g/mol. The molecular formula is C18H21N5OS. The Bertz CT molecular complexity index is 775. The van der Waals surface area contributed by atoms with Crippen molar-refractivity contribution in [3.63, 3.8) is 0 Å². The smallest absolute Gasteiger partial charge is 0.223 e. The predicted octanol–water partition coefficient (Wildman–Crippen LogP) is 2.73. The molecule has 0 spiro atoms. The van der Waals surface area contributed by atoms with Crippen LogP contribution in [-0.2, 0) is 0 Å². The van der Waals surface area contributed by atoms with Crippen LogP contribution >= 0.6 is 11.3 Å². The molecule has 0 bridgehead atoms. The highest BCUT2D eigenvalue weighted by Gasteiger charge is 2.22. The number of carbonyl (C=O) groups excluding carboxylic acids is 1. The topological polar surface area (TPSA) is 95.0 Å². The Morgan fingerprint density at radius 1 is 1.36 bits per heavy atom. The minimum Gasteiger partial charge on any atom is -0.396 e. The van der Waals surface area contributed by atoms with E-state index in [1.807, 2.05) is 0 Å². The van der Waals surface area contributed by atoms with Crippen molar-refractivity contribution in [2.45, 2.75) is 19.3 Å². The molecule has 0 unspecified atom stereocenters. The first-order valence-electron chi connectivity index (χ1n) is 8.45. The van der Waals surface area contributed by atoms with Crippen molar-refractivity contribution in [2.24, 2.45) is 0 Å². The van der Waals surface area contributed by atoms with Gasteiger partial charge in [0.2, 0.25) is 5.78 Å². The van der Waals surface area contributed by atoms with E-state index in [2.05, 4.69) is 21.3 Å². The number of nitrogen functional groups attached to an aromatic ring is 1. The zero-order valence-electron chi connectivity index (χ0n) is 14.0. The van der Waals surface area contributed by atoms with Gasteiger partial charge in [-0.2, -0.15) is 5.26 Å². The number of anilines is 2. The van der Waals surface area contributed by atoms with Gasteiger partial charge in [0.25, 0.3) is 0 Å². The zero-order chi connectivity index (χ0) is 17.6. The van der Waals surface area contributed by atoms with E-state index < -0.39 is 0 Å². The maximum atomic E-state index is 12.6. The molecule has 0 amide bonds. The Morgan fingerprint density at radius 2 is 2.16 bits per heavy atom. The summed E-state index contributed by atoms with van der Waals surface area (Å²) in [5, 5.41) is 13.4. The molecule has 3 N–H and O–H groups in total. The quantitative estimate of drug-likeness (QED) is 0.774. The largest absolute Gasteiger partial charge is 0.396 e. The summed E-state index contributed by atoms with van der Waals surface area (Å²) in [5.74, 6) is -0.247. The average molecular weight is 355 g/mol. The number of nitrogens with one attached hydrogen (secondary N) is 1. The van der Waals surface area contributed by atoms with Crippen LogP contribution < -0.4 is 11.1 Å². The molecule has 3 heterocycles. The predicted molar refractivity (Wildman–Crippen MR) is 99.9 cm³/mol. The van der Waals surface area contributed by atoms with Gasteiger partial charge in [-0.3, -0.25) is 9.78 Å². The molecule has 0 aromatic carbocycles. The number of piperidine rings is 1. The van der Waals surface area contributed by atoms with Crippen molar-refractivity contribution in [2.75, 3.05) is 37.2 Å². The Labute approximate surface area is 151 Å². The number of nitrogens with zero attached hydrogens (tertiary/aromatic N) is 3. The first-order chi connectivity index (χ1) is 12.2. The second kappa shape index (κ2) is 8.10. The lowest BCUT2D eigenvalue weighted by Gasteiger charge is -2.26. The molecule has 7 heteroatoms. The van der Waals surface area contributed by atoms with E-state index in [0.29, 0.717) is 21.1 Å². The van der Waals surface area contributed by atoms with E-state index in [1.165, 1.54) is 30.6 Å². The number of nitrogens with two attached hydrogens (primary N) is 1. The lowest BCUT2D eigenvalue weighted by atomic mass is 10.1. The monoisotopic (exact) mass is 355 g/mol. The van der Waals surface area contributed by atoms with Gasteiger partial charge < -0.3 is 16.0 Å². The molecule has 1 fully saturated rings. The van der Waals surface area contributed by atoms with E-state index in [0.717, 1.165) is 26.2 Å². The lowest BCUT2D eigenvalue weighted by Crippen LogP contribution is -2.33.